The summed E-state index contributed by atoms with van der Waals surface area (Å²) in [4.78, 5) is 10.3. The molecule has 2 N–H and O–H groups in total. The van der Waals surface area contributed by atoms with Crippen LogP contribution in [0.25, 0.3) is 0 Å². The molecule has 1 aliphatic heterocycles. The third kappa shape index (κ3) is 11.2. The lowest BCUT2D eigenvalue weighted by molar-refractivity contribution is -0.137. The van der Waals surface area contributed by atoms with Crippen molar-refractivity contribution in [1.82, 2.24) is 0 Å². The Kier molecular flexibility index (Phi) is 11.2. The first kappa shape index (κ1) is 20.7. The summed E-state index contributed by atoms with van der Waals surface area (Å²) < 4.78 is 5.55. The third-order valence-corrected chi connectivity index (χ3v) is 3.98. The number of ether oxygens (including phenoxy) is 1. The van der Waals surface area contributed by atoms with Crippen molar-refractivity contribution in [1.29, 1.82) is 0 Å². The summed E-state index contributed by atoms with van der Waals surface area (Å²) in [6, 6.07) is 0. The minimum absolute atomic E-state index is 0.155. The second kappa shape index (κ2) is 13.0. The van der Waals surface area contributed by atoms with Crippen molar-refractivity contribution in [2.75, 3.05) is 0 Å². The summed E-state index contributed by atoms with van der Waals surface area (Å²) in [5.74, 6) is -0.732. The molecule has 1 fully saturated rings. The summed E-state index contributed by atoms with van der Waals surface area (Å²) in [7, 11) is 0. The average Bonchev–Trinajstić information content (AvgIpc) is 3.30. The van der Waals surface area contributed by atoms with E-state index in [9.17, 15) is 9.90 Å². The van der Waals surface area contributed by atoms with Gasteiger partial charge in [0.05, 0.1) is 12.2 Å². The minimum atomic E-state index is -0.732. The molecule has 0 aromatic heterocycles. The van der Waals surface area contributed by atoms with Crippen molar-refractivity contribution < 1.29 is 19.7 Å². The summed E-state index contributed by atoms with van der Waals surface area (Å²) in [5.41, 5.74) is 0. The molecule has 0 aromatic carbocycles. The molecule has 24 heavy (non-hydrogen) atoms. The quantitative estimate of drug-likeness (QED) is 0.280. The topological polar surface area (TPSA) is 70.1 Å². The molecule has 0 aromatic rings. The van der Waals surface area contributed by atoms with Crippen LogP contribution in [0.4, 0.5) is 0 Å². The molecule has 0 aliphatic carbocycles. The van der Waals surface area contributed by atoms with Crippen LogP contribution in [-0.4, -0.2) is 34.5 Å². The molecule has 0 saturated carbocycles. The molecule has 0 bridgehead atoms. The van der Waals surface area contributed by atoms with Gasteiger partial charge in [-0.05, 0) is 32.1 Å². The lowest BCUT2D eigenvalue weighted by atomic mass is 10.1. The van der Waals surface area contributed by atoms with E-state index in [2.05, 4.69) is 25.2 Å². The Morgan fingerprint density at radius 1 is 1.17 bits per heavy atom. The summed E-state index contributed by atoms with van der Waals surface area (Å²) in [6.45, 7) is 2.16. The highest BCUT2D eigenvalue weighted by molar-refractivity contribution is 5.66. The molecular weight excluding hydrogens is 304 g/mol. The number of aliphatic hydroxyl groups is 1. The molecule has 0 spiro atoms. The Labute approximate surface area is 145 Å². The van der Waals surface area contributed by atoms with Crippen LogP contribution in [0, 0.1) is 0 Å². The predicted molar refractivity (Wildman–Crippen MR) is 97.0 cm³/mol. The van der Waals surface area contributed by atoms with Gasteiger partial charge in [-0.15, -0.1) is 0 Å². The van der Waals surface area contributed by atoms with Crippen molar-refractivity contribution in [3.63, 3.8) is 0 Å². The fourth-order valence-corrected chi connectivity index (χ4v) is 2.44. The van der Waals surface area contributed by atoms with Gasteiger partial charge in [0, 0.05) is 6.42 Å². The number of hydrogen-bond donors (Lipinski definition) is 2. The number of carboxylic acids is 1. The average molecular weight is 336 g/mol. The van der Waals surface area contributed by atoms with Crippen LogP contribution in [0.3, 0.4) is 0 Å². The fourth-order valence-electron chi connectivity index (χ4n) is 2.44. The van der Waals surface area contributed by atoms with Crippen molar-refractivity contribution in [3.05, 3.63) is 36.5 Å². The van der Waals surface area contributed by atoms with Crippen molar-refractivity contribution in [3.8, 4) is 0 Å². The van der Waals surface area contributed by atoms with E-state index in [1.165, 1.54) is 12.8 Å². The van der Waals surface area contributed by atoms with Crippen LogP contribution in [0.2, 0.25) is 0 Å². The smallest absolute Gasteiger partial charge is 0.303 e. The van der Waals surface area contributed by atoms with E-state index < -0.39 is 5.97 Å². The van der Waals surface area contributed by atoms with E-state index in [0.717, 1.165) is 32.1 Å². The van der Waals surface area contributed by atoms with Gasteiger partial charge in [-0.3, -0.25) is 4.79 Å². The Morgan fingerprint density at radius 2 is 1.96 bits per heavy atom. The highest BCUT2D eigenvalue weighted by atomic mass is 16.6. The molecule has 1 rings (SSSR count). The van der Waals surface area contributed by atoms with Crippen LogP contribution in [0.15, 0.2) is 36.5 Å². The number of carbonyl (C=O) groups is 1. The number of carboxylic acid groups (broad SMARTS) is 1. The first-order chi connectivity index (χ1) is 11.6. The molecule has 4 heteroatoms. The molecule has 136 valence electrons. The number of hydrogen-bond acceptors (Lipinski definition) is 3. The van der Waals surface area contributed by atoms with E-state index in [4.69, 9.17) is 9.84 Å². The number of rotatable bonds is 14. The number of epoxide rings is 1. The molecule has 1 heterocycles. The maximum absolute atomic E-state index is 10.3. The van der Waals surface area contributed by atoms with Crippen molar-refractivity contribution in [2.24, 2.45) is 0 Å². The van der Waals surface area contributed by atoms with E-state index in [-0.39, 0.29) is 24.7 Å². The van der Waals surface area contributed by atoms with E-state index >= 15 is 0 Å². The zero-order valence-corrected chi connectivity index (χ0v) is 14.8. The molecular formula is C20H32O4. The Hall–Kier alpha value is -1.39. The number of unbranched alkanes of at least 4 members (excludes halogenated alkanes) is 3. The van der Waals surface area contributed by atoms with Crippen molar-refractivity contribution >= 4 is 5.97 Å². The molecule has 4 nitrogen and oxygen atoms in total. The predicted octanol–water partition coefficient (Wildman–Crippen LogP) is 4.40. The monoisotopic (exact) mass is 336 g/mol. The van der Waals surface area contributed by atoms with Gasteiger partial charge < -0.3 is 14.9 Å². The van der Waals surface area contributed by atoms with Crippen LogP contribution >= 0.6 is 0 Å². The van der Waals surface area contributed by atoms with Gasteiger partial charge in [0.25, 0.3) is 0 Å². The fraction of sp³-hybridized carbons (Fsp3) is 0.650. The number of allylic oxidation sites excluding steroid dienone is 3. The molecule has 3 atom stereocenters. The van der Waals surface area contributed by atoms with Gasteiger partial charge in [0.2, 0.25) is 0 Å². The molecule has 0 unspecified atom stereocenters. The molecule has 0 radical (unpaired) electrons. The van der Waals surface area contributed by atoms with E-state index in [0.29, 0.717) is 6.42 Å². The lowest BCUT2D eigenvalue weighted by Gasteiger charge is -2.03. The largest absolute Gasteiger partial charge is 0.481 e. The lowest BCUT2D eigenvalue weighted by Crippen LogP contribution is -2.02. The van der Waals surface area contributed by atoms with Crippen LogP contribution < -0.4 is 0 Å². The Morgan fingerprint density at radius 3 is 2.71 bits per heavy atom. The van der Waals surface area contributed by atoms with Gasteiger partial charge in [-0.1, -0.05) is 62.6 Å². The van der Waals surface area contributed by atoms with E-state index in [1.54, 1.807) is 0 Å². The maximum atomic E-state index is 10.3. The number of aliphatic hydroxyl groups excluding tert-OH is 1. The molecule has 1 saturated heterocycles. The van der Waals surface area contributed by atoms with E-state index in [1.807, 2.05) is 18.2 Å². The standard InChI is InChI=1S/C20H32O4/c1-2-3-9-12-17(21)15-16-19-18(24-19)13-10-7-5-4-6-8-11-14-20(22)23/h4,6-7,10,15-19,21H,2-3,5,8-9,11-14H2,1H3,(H,22,23)/b6-4-,10-7-,16-15+/t17-,18+,19-/m1/s1. The highest BCUT2D eigenvalue weighted by Crippen LogP contribution is 2.27. The zero-order chi connectivity index (χ0) is 17.6. The van der Waals surface area contributed by atoms with Gasteiger partial charge in [-0.25, -0.2) is 0 Å². The maximum Gasteiger partial charge on any atom is 0.303 e. The van der Waals surface area contributed by atoms with Crippen LogP contribution in [0.1, 0.15) is 64.7 Å². The van der Waals surface area contributed by atoms with Gasteiger partial charge in [-0.2, -0.15) is 0 Å². The summed E-state index contributed by atoms with van der Waals surface area (Å²) in [6.07, 6.45) is 20.0. The van der Waals surface area contributed by atoms with Gasteiger partial charge in [0.15, 0.2) is 0 Å². The van der Waals surface area contributed by atoms with Gasteiger partial charge >= 0.3 is 5.97 Å². The van der Waals surface area contributed by atoms with Crippen LogP contribution in [-0.2, 0) is 9.53 Å². The second-order valence-corrected chi connectivity index (χ2v) is 6.29. The first-order valence-corrected chi connectivity index (χ1v) is 9.17. The zero-order valence-electron chi connectivity index (χ0n) is 14.8. The molecule has 0 amide bonds. The highest BCUT2D eigenvalue weighted by Gasteiger charge is 2.34. The Balaban J connectivity index is 2.01. The minimum Gasteiger partial charge on any atom is -0.481 e. The first-order valence-electron chi connectivity index (χ1n) is 9.17. The SMILES string of the molecule is CCCCC[C@@H](O)/C=C/[C@H]1O[C@H]1C/C=C\C/C=C\CCCC(=O)O. The molecule has 1 aliphatic rings. The summed E-state index contributed by atoms with van der Waals surface area (Å²) in [5, 5.41) is 18.3. The van der Waals surface area contributed by atoms with Gasteiger partial charge in [0.1, 0.15) is 6.10 Å². The third-order valence-electron chi connectivity index (χ3n) is 3.98. The second-order valence-electron chi connectivity index (χ2n) is 6.29. The van der Waals surface area contributed by atoms with Crippen molar-refractivity contribution in [2.45, 2.75) is 83.0 Å². The summed E-state index contributed by atoms with van der Waals surface area (Å²) >= 11 is 0. The van der Waals surface area contributed by atoms with Crippen LogP contribution in [0.5, 0.6) is 0 Å². The normalized spacial score (nSPS) is 21.9. The number of aliphatic carboxylic acids is 1. The Bertz CT molecular complexity index is 425.